The van der Waals surface area contributed by atoms with Crippen LogP contribution in [-0.2, 0) is 6.54 Å². The highest BCUT2D eigenvalue weighted by Gasteiger charge is 2.24. The number of hydrogen-bond donors (Lipinski definition) is 1. The first-order valence-corrected chi connectivity index (χ1v) is 6.61. The lowest BCUT2D eigenvalue weighted by Crippen LogP contribution is -2.19. The second-order valence-electron chi connectivity index (χ2n) is 4.29. The highest BCUT2D eigenvalue weighted by Crippen LogP contribution is 2.39. The van der Waals surface area contributed by atoms with Gasteiger partial charge in [-0.25, -0.2) is 4.79 Å². The Morgan fingerprint density at radius 1 is 1.59 bits per heavy atom. The molecule has 0 radical (unpaired) electrons. The Morgan fingerprint density at radius 3 is 3.12 bits per heavy atom. The number of aromatic carboxylic acids is 1. The molecule has 17 heavy (non-hydrogen) atoms. The van der Waals surface area contributed by atoms with E-state index in [1.807, 2.05) is 28.5 Å². The number of carbonyl (C=O) groups is 1. The Balaban J connectivity index is 2.29. The van der Waals surface area contributed by atoms with Crippen LogP contribution in [0.3, 0.4) is 0 Å². The first-order valence-electron chi connectivity index (χ1n) is 5.73. The van der Waals surface area contributed by atoms with Crippen LogP contribution in [-0.4, -0.2) is 20.9 Å². The summed E-state index contributed by atoms with van der Waals surface area (Å²) in [5, 5.41) is 10.7. The summed E-state index contributed by atoms with van der Waals surface area (Å²) in [7, 11) is 0. The molecule has 1 unspecified atom stereocenters. The average molecular weight is 247 g/mol. The Labute approximate surface area is 103 Å². The van der Waals surface area contributed by atoms with Gasteiger partial charge in [0.15, 0.2) is 0 Å². The molecule has 2 aromatic rings. The standard InChI is InChI=1S/C13H13NO2S/c1-2-9-7-14-10(13(15)16)6-8-4-3-5-11(17-9)12(8)14/h3-6,9H,2,7H2,1H3,(H,15,16). The molecule has 0 saturated carbocycles. The molecule has 1 aliphatic rings. The van der Waals surface area contributed by atoms with E-state index in [0.29, 0.717) is 10.9 Å². The van der Waals surface area contributed by atoms with Gasteiger partial charge < -0.3 is 9.67 Å². The van der Waals surface area contributed by atoms with Gasteiger partial charge in [0.2, 0.25) is 0 Å². The van der Waals surface area contributed by atoms with Gasteiger partial charge in [0.1, 0.15) is 5.69 Å². The van der Waals surface area contributed by atoms with Crippen molar-refractivity contribution < 1.29 is 9.90 Å². The number of nitrogens with zero attached hydrogens (tertiary/aromatic N) is 1. The third-order valence-electron chi connectivity index (χ3n) is 3.24. The van der Waals surface area contributed by atoms with Crippen LogP contribution in [0.5, 0.6) is 0 Å². The van der Waals surface area contributed by atoms with Crippen molar-refractivity contribution in [3.8, 4) is 0 Å². The molecule has 0 amide bonds. The van der Waals surface area contributed by atoms with Gasteiger partial charge in [-0.05, 0) is 18.6 Å². The summed E-state index contributed by atoms with van der Waals surface area (Å²) in [5.41, 5.74) is 1.49. The van der Waals surface area contributed by atoms with Crippen LogP contribution in [0.4, 0.5) is 0 Å². The highest BCUT2D eigenvalue weighted by molar-refractivity contribution is 8.00. The third kappa shape index (κ3) is 1.55. The number of hydrogen-bond acceptors (Lipinski definition) is 2. The summed E-state index contributed by atoms with van der Waals surface area (Å²) >= 11 is 1.86. The van der Waals surface area contributed by atoms with Crippen molar-refractivity contribution >= 4 is 28.6 Å². The van der Waals surface area contributed by atoms with E-state index in [-0.39, 0.29) is 0 Å². The SMILES string of the molecule is CCC1Cn2c(C(=O)O)cc3cccc(c32)S1. The number of carboxylic acids is 1. The molecule has 1 N–H and O–H groups in total. The fourth-order valence-electron chi connectivity index (χ4n) is 2.39. The predicted molar refractivity (Wildman–Crippen MR) is 68.8 cm³/mol. The maximum atomic E-state index is 11.3. The van der Waals surface area contributed by atoms with Gasteiger partial charge in [-0.2, -0.15) is 0 Å². The molecule has 1 atom stereocenters. The number of rotatable bonds is 2. The molecule has 0 fully saturated rings. The maximum Gasteiger partial charge on any atom is 0.352 e. The Kier molecular flexibility index (Phi) is 2.40. The van der Waals surface area contributed by atoms with E-state index in [0.717, 1.165) is 23.9 Å². The summed E-state index contributed by atoms with van der Waals surface area (Å²) in [5.74, 6) is -0.839. The van der Waals surface area contributed by atoms with E-state index in [4.69, 9.17) is 0 Å². The van der Waals surface area contributed by atoms with Crippen LogP contribution in [0.25, 0.3) is 10.9 Å². The number of para-hydroxylation sites is 1. The minimum absolute atomic E-state index is 0.409. The lowest BCUT2D eigenvalue weighted by Gasteiger charge is -2.24. The zero-order valence-corrected chi connectivity index (χ0v) is 10.3. The van der Waals surface area contributed by atoms with Crippen LogP contribution in [0.15, 0.2) is 29.2 Å². The molecule has 0 bridgehead atoms. The van der Waals surface area contributed by atoms with Crippen LogP contribution in [0.2, 0.25) is 0 Å². The Bertz CT molecular complexity index is 603. The van der Waals surface area contributed by atoms with Crippen LogP contribution in [0, 0.1) is 0 Å². The second-order valence-corrected chi connectivity index (χ2v) is 5.63. The van der Waals surface area contributed by atoms with Crippen molar-refractivity contribution in [3.63, 3.8) is 0 Å². The molecular formula is C13H13NO2S. The first kappa shape index (κ1) is 10.7. The smallest absolute Gasteiger partial charge is 0.352 e. The molecular weight excluding hydrogens is 234 g/mol. The van der Waals surface area contributed by atoms with Gasteiger partial charge in [-0.15, -0.1) is 11.8 Å². The molecule has 0 spiro atoms. The van der Waals surface area contributed by atoms with Gasteiger partial charge in [-0.3, -0.25) is 0 Å². The van der Waals surface area contributed by atoms with Crippen molar-refractivity contribution in [2.75, 3.05) is 0 Å². The van der Waals surface area contributed by atoms with Crippen LogP contribution < -0.4 is 0 Å². The van der Waals surface area contributed by atoms with E-state index in [9.17, 15) is 9.90 Å². The monoisotopic (exact) mass is 247 g/mol. The minimum Gasteiger partial charge on any atom is -0.477 e. The Hall–Kier alpha value is -1.42. The summed E-state index contributed by atoms with van der Waals surface area (Å²) in [6, 6.07) is 7.84. The molecule has 0 saturated heterocycles. The first-order chi connectivity index (χ1) is 8.20. The van der Waals surface area contributed by atoms with Gasteiger partial charge in [0.25, 0.3) is 0 Å². The summed E-state index contributed by atoms with van der Waals surface area (Å²) in [6.07, 6.45) is 1.05. The normalized spacial score (nSPS) is 18.5. The van der Waals surface area contributed by atoms with Crippen LogP contribution in [0.1, 0.15) is 23.8 Å². The maximum absolute atomic E-state index is 11.3. The summed E-state index contributed by atoms with van der Waals surface area (Å²) in [6.45, 7) is 2.94. The minimum atomic E-state index is -0.839. The van der Waals surface area contributed by atoms with Crippen molar-refractivity contribution in [1.29, 1.82) is 0 Å². The lowest BCUT2D eigenvalue weighted by molar-refractivity contribution is 0.0685. The van der Waals surface area contributed by atoms with Crippen molar-refractivity contribution in [2.45, 2.75) is 30.0 Å². The quantitative estimate of drug-likeness (QED) is 0.886. The van der Waals surface area contributed by atoms with E-state index in [2.05, 4.69) is 13.0 Å². The average Bonchev–Trinajstić information content (AvgIpc) is 2.70. The molecule has 4 heteroatoms. The van der Waals surface area contributed by atoms with E-state index < -0.39 is 5.97 Å². The van der Waals surface area contributed by atoms with Crippen molar-refractivity contribution in [3.05, 3.63) is 30.0 Å². The van der Waals surface area contributed by atoms with Gasteiger partial charge in [-0.1, -0.05) is 19.1 Å². The number of thioether (sulfide) groups is 1. The topological polar surface area (TPSA) is 42.2 Å². The van der Waals surface area contributed by atoms with Crippen LogP contribution >= 0.6 is 11.8 Å². The molecule has 1 aromatic heterocycles. The van der Waals surface area contributed by atoms with E-state index in [1.54, 1.807) is 6.07 Å². The third-order valence-corrected chi connectivity index (χ3v) is 4.64. The molecule has 88 valence electrons. The van der Waals surface area contributed by atoms with E-state index in [1.165, 1.54) is 4.90 Å². The van der Waals surface area contributed by atoms with Crippen molar-refractivity contribution in [2.24, 2.45) is 0 Å². The Morgan fingerprint density at radius 2 is 2.41 bits per heavy atom. The molecule has 3 rings (SSSR count). The number of carboxylic acid groups (broad SMARTS) is 1. The molecule has 2 heterocycles. The van der Waals surface area contributed by atoms with Gasteiger partial charge in [0.05, 0.1) is 5.52 Å². The molecule has 1 aromatic carbocycles. The zero-order chi connectivity index (χ0) is 12.0. The number of benzene rings is 1. The molecule has 3 nitrogen and oxygen atoms in total. The molecule has 1 aliphatic heterocycles. The second kappa shape index (κ2) is 3.81. The van der Waals surface area contributed by atoms with Gasteiger partial charge in [0, 0.05) is 22.1 Å². The fraction of sp³-hybridized carbons (Fsp3) is 0.308. The molecule has 0 aliphatic carbocycles. The fourth-order valence-corrected chi connectivity index (χ4v) is 3.63. The highest BCUT2D eigenvalue weighted by atomic mass is 32.2. The van der Waals surface area contributed by atoms with Gasteiger partial charge >= 0.3 is 5.97 Å². The van der Waals surface area contributed by atoms with E-state index >= 15 is 0 Å². The summed E-state index contributed by atoms with van der Waals surface area (Å²) in [4.78, 5) is 12.5. The number of aromatic nitrogens is 1. The summed E-state index contributed by atoms with van der Waals surface area (Å²) < 4.78 is 1.96. The largest absolute Gasteiger partial charge is 0.477 e. The zero-order valence-electron chi connectivity index (χ0n) is 9.51. The lowest BCUT2D eigenvalue weighted by atomic mass is 10.2. The van der Waals surface area contributed by atoms with Crippen molar-refractivity contribution in [1.82, 2.24) is 4.57 Å². The predicted octanol–water partition coefficient (Wildman–Crippen LogP) is 3.22.